The second-order valence-electron chi connectivity index (χ2n) is 7.65. The third kappa shape index (κ3) is 5.75. The monoisotopic (exact) mass is 432 g/mol. The molecule has 1 aliphatic rings. The Bertz CT molecular complexity index is 1020. The van der Waals surface area contributed by atoms with E-state index in [1.807, 2.05) is 55.5 Å². The topological polar surface area (TPSA) is 76.6 Å². The molecule has 1 aromatic heterocycles. The van der Waals surface area contributed by atoms with Gasteiger partial charge < -0.3 is 19.7 Å². The Kier molecular flexibility index (Phi) is 7.17. The van der Waals surface area contributed by atoms with Crippen LogP contribution in [0.1, 0.15) is 26.2 Å². The second kappa shape index (κ2) is 10.6. The Labute approximate surface area is 188 Å². The van der Waals surface area contributed by atoms with Gasteiger partial charge in [-0.05, 0) is 62.6 Å². The van der Waals surface area contributed by atoms with Crippen molar-refractivity contribution < 1.29 is 14.3 Å². The molecule has 1 amide bonds. The van der Waals surface area contributed by atoms with E-state index < -0.39 is 0 Å². The highest BCUT2D eigenvalue weighted by Gasteiger charge is 2.13. The number of carbonyl (C=O) groups is 1. The first kappa shape index (κ1) is 21.6. The van der Waals surface area contributed by atoms with Gasteiger partial charge in [0.2, 0.25) is 0 Å². The smallest absolute Gasteiger partial charge is 0.262 e. The maximum atomic E-state index is 12.2. The van der Waals surface area contributed by atoms with Gasteiger partial charge >= 0.3 is 0 Å². The lowest BCUT2D eigenvalue weighted by atomic mass is 10.1. The average Bonchev–Trinajstić information content (AvgIpc) is 2.84. The SMILES string of the molecule is CCOc1cccc(OCC(=O)Nc2ccc(-c3ccc(N4CCCCC4)nn3)cc2)c1. The van der Waals surface area contributed by atoms with Gasteiger partial charge in [0, 0.05) is 30.4 Å². The number of nitrogens with one attached hydrogen (secondary N) is 1. The fourth-order valence-corrected chi connectivity index (χ4v) is 3.66. The molecule has 1 aliphatic heterocycles. The van der Waals surface area contributed by atoms with Gasteiger partial charge in [0.25, 0.3) is 5.91 Å². The minimum absolute atomic E-state index is 0.0826. The summed E-state index contributed by atoms with van der Waals surface area (Å²) in [7, 11) is 0. The van der Waals surface area contributed by atoms with Crippen LogP contribution in [0.5, 0.6) is 11.5 Å². The largest absolute Gasteiger partial charge is 0.494 e. The number of anilines is 2. The van der Waals surface area contributed by atoms with Crippen molar-refractivity contribution in [3.8, 4) is 22.8 Å². The van der Waals surface area contributed by atoms with Crippen LogP contribution in [-0.4, -0.2) is 42.4 Å². The lowest BCUT2D eigenvalue weighted by Gasteiger charge is -2.27. The Morgan fingerprint density at radius 1 is 0.938 bits per heavy atom. The molecule has 0 bridgehead atoms. The summed E-state index contributed by atoms with van der Waals surface area (Å²) in [5.74, 6) is 2.01. The zero-order valence-electron chi connectivity index (χ0n) is 18.3. The second-order valence-corrected chi connectivity index (χ2v) is 7.65. The number of hydrogen-bond donors (Lipinski definition) is 1. The predicted octanol–water partition coefficient (Wildman–Crippen LogP) is 4.55. The van der Waals surface area contributed by atoms with Crippen LogP contribution >= 0.6 is 0 Å². The van der Waals surface area contributed by atoms with Gasteiger partial charge in [-0.1, -0.05) is 18.2 Å². The number of rotatable bonds is 8. The van der Waals surface area contributed by atoms with Crippen LogP contribution in [0.4, 0.5) is 11.5 Å². The van der Waals surface area contributed by atoms with E-state index in [0.29, 0.717) is 23.8 Å². The van der Waals surface area contributed by atoms with E-state index in [1.165, 1.54) is 19.3 Å². The van der Waals surface area contributed by atoms with Gasteiger partial charge in [-0.25, -0.2) is 0 Å². The highest BCUT2D eigenvalue weighted by Crippen LogP contribution is 2.23. The standard InChI is InChI=1S/C25H28N4O3/c1-2-31-21-7-6-8-22(17-21)32-18-25(30)26-20-11-9-19(10-12-20)23-13-14-24(28-27-23)29-15-4-3-5-16-29/h6-14,17H,2-5,15-16,18H2,1H3,(H,26,30). The number of aromatic nitrogens is 2. The van der Waals surface area contributed by atoms with E-state index in [0.717, 1.165) is 30.2 Å². The molecule has 2 heterocycles. The van der Waals surface area contributed by atoms with Crippen LogP contribution in [0.3, 0.4) is 0 Å². The fraction of sp³-hybridized carbons (Fsp3) is 0.320. The highest BCUT2D eigenvalue weighted by molar-refractivity contribution is 5.92. The van der Waals surface area contributed by atoms with E-state index in [4.69, 9.17) is 9.47 Å². The van der Waals surface area contributed by atoms with E-state index in [-0.39, 0.29) is 12.5 Å². The van der Waals surface area contributed by atoms with Gasteiger partial charge in [-0.3, -0.25) is 4.79 Å². The zero-order chi connectivity index (χ0) is 22.2. The molecule has 0 aliphatic carbocycles. The molecule has 0 saturated carbocycles. The van der Waals surface area contributed by atoms with Crippen molar-refractivity contribution in [1.82, 2.24) is 10.2 Å². The predicted molar refractivity (Wildman–Crippen MR) is 125 cm³/mol. The van der Waals surface area contributed by atoms with Gasteiger partial charge in [0.05, 0.1) is 12.3 Å². The third-order valence-corrected chi connectivity index (χ3v) is 5.28. The molecule has 1 fully saturated rings. The minimum atomic E-state index is -0.231. The van der Waals surface area contributed by atoms with E-state index in [2.05, 4.69) is 20.4 Å². The summed E-state index contributed by atoms with van der Waals surface area (Å²) in [5.41, 5.74) is 2.45. The van der Waals surface area contributed by atoms with Gasteiger partial charge in [0.1, 0.15) is 11.5 Å². The van der Waals surface area contributed by atoms with Crippen molar-refractivity contribution in [3.05, 3.63) is 60.7 Å². The molecule has 0 unspecified atom stereocenters. The molecule has 7 nitrogen and oxygen atoms in total. The molecule has 4 rings (SSSR count). The molecule has 3 aromatic rings. The van der Waals surface area contributed by atoms with Crippen LogP contribution in [0.2, 0.25) is 0 Å². The lowest BCUT2D eigenvalue weighted by Crippen LogP contribution is -2.30. The van der Waals surface area contributed by atoms with Gasteiger partial charge in [-0.15, -0.1) is 10.2 Å². The summed E-state index contributed by atoms with van der Waals surface area (Å²) < 4.78 is 11.0. The maximum absolute atomic E-state index is 12.2. The normalized spacial score (nSPS) is 13.5. The van der Waals surface area contributed by atoms with Crippen molar-refractivity contribution in [2.24, 2.45) is 0 Å². The minimum Gasteiger partial charge on any atom is -0.494 e. The number of piperidine rings is 1. The van der Waals surface area contributed by atoms with Crippen LogP contribution in [-0.2, 0) is 4.79 Å². The number of nitrogens with zero attached hydrogens (tertiary/aromatic N) is 3. The summed E-state index contributed by atoms with van der Waals surface area (Å²) in [4.78, 5) is 14.5. The van der Waals surface area contributed by atoms with Crippen LogP contribution in [0.15, 0.2) is 60.7 Å². The summed E-state index contributed by atoms with van der Waals surface area (Å²) >= 11 is 0. The maximum Gasteiger partial charge on any atom is 0.262 e. The quantitative estimate of drug-likeness (QED) is 0.563. The highest BCUT2D eigenvalue weighted by atomic mass is 16.5. The molecular weight excluding hydrogens is 404 g/mol. The van der Waals surface area contributed by atoms with Crippen molar-refractivity contribution in [1.29, 1.82) is 0 Å². The van der Waals surface area contributed by atoms with Crippen LogP contribution in [0, 0.1) is 0 Å². The summed E-state index contributed by atoms with van der Waals surface area (Å²) in [5, 5.41) is 11.6. The van der Waals surface area contributed by atoms with Crippen molar-refractivity contribution in [2.45, 2.75) is 26.2 Å². The molecule has 1 saturated heterocycles. The fourth-order valence-electron chi connectivity index (χ4n) is 3.66. The van der Waals surface area contributed by atoms with E-state index in [9.17, 15) is 4.79 Å². The van der Waals surface area contributed by atoms with Crippen molar-refractivity contribution in [3.63, 3.8) is 0 Å². The zero-order valence-corrected chi connectivity index (χ0v) is 18.3. The Morgan fingerprint density at radius 3 is 2.38 bits per heavy atom. The molecule has 166 valence electrons. The molecule has 0 atom stereocenters. The van der Waals surface area contributed by atoms with Gasteiger partial charge in [0.15, 0.2) is 12.4 Å². The van der Waals surface area contributed by atoms with E-state index >= 15 is 0 Å². The van der Waals surface area contributed by atoms with Crippen molar-refractivity contribution >= 4 is 17.4 Å². The number of amides is 1. The third-order valence-electron chi connectivity index (χ3n) is 5.28. The van der Waals surface area contributed by atoms with Gasteiger partial charge in [-0.2, -0.15) is 0 Å². The Balaban J connectivity index is 1.30. The van der Waals surface area contributed by atoms with E-state index in [1.54, 1.807) is 12.1 Å². The number of carbonyl (C=O) groups excluding carboxylic acids is 1. The molecule has 0 radical (unpaired) electrons. The first-order chi connectivity index (χ1) is 15.7. The number of benzene rings is 2. The molecule has 32 heavy (non-hydrogen) atoms. The summed E-state index contributed by atoms with van der Waals surface area (Å²) in [6.45, 7) is 4.51. The summed E-state index contributed by atoms with van der Waals surface area (Å²) in [6, 6.07) is 18.8. The molecule has 7 heteroatoms. The van der Waals surface area contributed by atoms with Crippen molar-refractivity contribution in [2.75, 3.05) is 36.5 Å². The Morgan fingerprint density at radius 2 is 1.69 bits per heavy atom. The Hall–Kier alpha value is -3.61. The lowest BCUT2D eigenvalue weighted by molar-refractivity contribution is -0.118. The van der Waals surface area contributed by atoms with Crippen LogP contribution < -0.4 is 19.7 Å². The first-order valence-electron chi connectivity index (χ1n) is 11.1. The molecular formula is C25H28N4O3. The number of ether oxygens (including phenoxy) is 2. The molecule has 2 aromatic carbocycles. The molecule has 0 spiro atoms. The van der Waals surface area contributed by atoms with Crippen LogP contribution in [0.25, 0.3) is 11.3 Å². The first-order valence-corrected chi connectivity index (χ1v) is 11.1. The number of hydrogen-bond acceptors (Lipinski definition) is 6. The average molecular weight is 433 g/mol. The molecule has 1 N–H and O–H groups in total. The summed E-state index contributed by atoms with van der Waals surface area (Å²) in [6.07, 6.45) is 3.71.